The first-order valence-corrected chi connectivity index (χ1v) is 7.52. The molecule has 0 radical (unpaired) electrons. The highest BCUT2D eigenvalue weighted by Gasteiger charge is 2.12. The number of hydrogen-bond acceptors (Lipinski definition) is 5. The first-order valence-electron chi connectivity index (χ1n) is 5.05. The molecule has 1 heterocycles. The molecule has 0 unspecified atom stereocenters. The zero-order chi connectivity index (χ0) is 13.3. The van der Waals surface area contributed by atoms with Crippen LogP contribution in [0.4, 0.5) is 5.13 Å². The molecule has 0 aliphatic carbocycles. The van der Waals surface area contributed by atoms with E-state index in [0.29, 0.717) is 10.2 Å². The lowest BCUT2D eigenvalue weighted by Gasteiger charge is -1.99. The molecule has 0 aliphatic heterocycles. The number of benzene rings is 1. The number of nitrogens with one attached hydrogen (secondary N) is 1. The molecule has 0 saturated carbocycles. The Balaban J connectivity index is 2.42. The van der Waals surface area contributed by atoms with E-state index in [1.54, 1.807) is 6.07 Å². The highest BCUT2D eigenvalue weighted by Crippen LogP contribution is 2.27. The Hall–Kier alpha value is -1.67. The summed E-state index contributed by atoms with van der Waals surface area (Å²) in [7, 11) is -3.37. The van der Waals surface area contributed by atoms with E-state index in [1.807, 2.05) is 0 Å². The van der Waals surface area contributed by atoms with Crippen molar-refractivity contribution in [1.29, 1.82) is 0 Å². The molecule has 0 fully saturated rings. The molecule has 0 amide bonds. The number of hydrogen-bond donors (Lipinski definition) is 2. The number of nitrogens with zero attached hydrogens (tertiary/aromatic N) is 1. The van der Waals surface area contributed by atoms with E-state index in [9.17, 15) is 13.2 Å². The van der Waals surface area contributed by atoms with Crippen molar-refractivity contribution in [3.05, 3.63) is 23.8 Å². The quantitative estimate of drug-likeness (QED) is 0.892. The maximum absolute atomic E-state index is 11.4. The van der Waals surface area contributed by atoms with Crippen molar-refractivity contribution in [2.75, 3.05) is 10.5 Å². The Morgan fingerprint density at radius 3 is 2.83 bits per heavy atom. The number of rotatable bonds is 4. The van der Waals surface area contributed by atoms with Crippen LogP contribution in [0.2, 0.25) is 0 Å². The van der Waals surface area contributed by atoms with Gasteiger partial charge in [0.05, 0.1) is 21.5 Å². The summed E-state index contributed by atoms with van der Waals surface area (Å²) < 4.78 is 25.7. The zero-order valence-electron chi connectivity index (χ0n) is 9.37. The third-order valence-electron chi connectivity index (χ3n) is 2.26. The fourth-order valence-corrected chi connectivity index (χ4v) is 3.07. The minimum Gasteiger partial charge on any atom is -0.478 e. The first kappa shape index (κ1) is 12.8. The monoisotopic (exact) mass is 286 g/mol. The number of aromatic nitrogens is 1. The van der Waals surface area contributed by atoms with Crippen molar-refractivity contribution in [3.8, 4) is 0 Å². The minimum absolute atomic E-state index is 0.0384. The number of aromatic carboxylic acids is 1. The number of thiazole rings is 1. The third kappa shape index (κ3) is 2.59. The topological polar surface area (TPSA) is 96.4 Å². The summed E-state index contributed by atoms with van der Waals surface area (Å²) in [5.41, 5.74) is 0.717. The number of carbonyl (C=O) groups is 1. The maximum atomic E-state index is 11.4. The maximum Gasteiger partial charge on any atom is 0.335 e. The largest absolute Gasteiger partial charge is 0.478 e. The smallest absolute Gasteiger partial charge is 0.335 e. The molecule has 18 heavy (non-hydrogen) atoms. The molecule has 0 bridgehead atoms. The van der Waals surface area contributed by atoms with Crippen LogP contribution in [0.3, 0.4) is 0 Å². The van der Waals surface area contributed by atoms with Gasteiger partial charge in [-0.1, -0.05) is 11.3 Å². The van der Waals surface area contributed by atoms with Crippen molar-refractivity contribution in [2.24, 2.45) is 0 Å². The van der Waals surface area contributed by atoms with Crippen molar-refractivity contribution < 1.29 is 18.3 Å². The summed E-state index contributed by atoms with van der Waals surface area (Å²) in [5.74, 6) is -1.07. The molecular formula is C10H10N2O4S2. The van der Waals surface area contributed by atoms with Crippen molar-refractivity contribution in [1.82, 2.24) is 4.98 Å². The molecule has 2 N–H and O–H groups in total. The van der Waals surface area contributed by atoms with E-state index in [2.05, 4.69) is 9.71 Å². The average molecular weight is 286 g/mol. The van der Waals surface area contributed by atoms with Crippen LogP contribution < -0.4 is 4.72 Å². The highest BCUT2D eigenvalue weighted by molar-refractivity contribution is 7.92. The molecule has 0 atom stereocenters. The van der Waals surface area contributed by atoms with E-state index in [4.69, 9.17) is 5.11 Å². The van der Waals surface area contributed by atoms with Gasteiger partial charge in [0.2, 0.25) is 10.0 Å². The number of fused-ring (bicyclic) bond motifs is 1. The van der Waals surface area contributed by atoms with Gasteiger partial charge in [-0.2, -0.15) is 0 Å². The van der Waals surface area contributed by atoms with Crippen LogP contribution >= 0.6 is 11.3 Å². The molecule has 6 nitrogen and oxygen atoms in total. The van der Waals surface area contributed by atoms with Crippen molar-refractivity contribution in [2.45, 2.75) is 6.92 Å². The van der Waals surface area contributed by atoms with E-state index < -0.39 is 16.0 Å². The van der Waals surface area contributed by atoms with Crippen LogP contribution in [0.1, 0.15) is 17.3 Å². The normalized spacial score (nSPS) is 11.6. The van der Waals surface area contributed by atoms with Crippen LogP contribution in [0, 0.1) is 0 Å². The molecule has 2 aromatic rings. The Bertz CT molecular complexity index is 706. The lowest BCUT2D eigenvalue weighted by Crippen LogP contribution is -2.14. The Labute approximate surface area is 107 Å². The van der Waals surface area contributed by atoms with Crippen LogP contribution in [0.25, 0.3) is 10.2 Å². The minimum atomic E-state index is -3.37. The second kappa shape index (κ2) is 4.54. The zero-order valence-corrected chi connectivity index (χ0v) is 11.0. The SMILES string of the molecule is CCS(=O)(=O)Nc1nc2ccc(C(=O)O)cc2s1. The van der Waals surface area contributed by atoms with Crippen LogP contribution in [-0.2, 0) is 10.0 Å². The molecule has 96 valence electrons. The summed E-state index contributed by atoms with van der Waals surface area (Å²) in [6.07, 6.45) is 0. The standard InChI is InChI=1S/C10H10N2O4S2/c1-2-18(15,16)12-10-11-7-4-3-6(9(13)14)5-8(7)17-10/h3-5H,2H2,1H3,(H,11,12)(H,13,14). The fraction of sp³-hybridized carbons (Fsp3) is 0.200. The van der Waals surface area contributed by atoms with Gasteiger partial charge in [0.15, 0.2) is 5.13 Å². The third-order valence-corrected chi connectivity index (χ3v) is 4.59. The number of anilines is 1. The first-order chi connectivity index (χ1) is 8.41. The molecule has 0 spiro atoms. The van der Waals surface area contributed by atoms with E-state index in [0.717, 1.165) is 11.3 Å². The molecule has 8 heteroatoms. The number of sulfonamides is 1. The fourth-order valence-electron chi connectivity index (χ4n) is 1.31. The molecule has 0 saturated heterocycles. The summed E-state index contributed by atoms with van der Waals surface area (Å²) in [6, 6.07) is 4.46. The summed E-state index contributed by atoms with van der Waals surface area (Å²) in [6.45, 7) is 1.53. The van der Waals surface area contributed by atoms with Gasteiger partial charge in [0.25, 0.3) is 0 Å². The van der Waals surface area contributed by atoms with E-state index in [1.165, 1.54) is 19.1 Å². The lowest BCUT2D eigenvalue weighted by molar-refractivity contribution is 0.0697. The van der Waals surface area contributed by atoms with Crippen LogP contribution in [-0.4, -0.2) is 30.2 Å². The van der Waals surface area contributed by atoms with Gasteiger partial charge >= 0.3 is 5.97 Å². The number of carboxylic acid groups (broad SMARTS) is 1. The van der Waals surface area contributed by atoms with Gasteiger partial charge in [-0.25, -0.2) is 18.2 Å². The van der Waals surface area contributed by atoms with Gasteiger partial charge in [-0.05, 0) is 25.1 Å². The van der Waals surface area contributed by atoms with Gasteiger partial charge < -0.3 is 5.11 Å². The van der Waals surface area contributed by atoms with Crippen LogP contribution in [0.15, 0.2) is 18.2 Å². The molecule has 2 rings (SSSR count). The summed E-state index contributed by atoms with van der Waals surface area (Å²) in [5, 5.41) is 9.09. The summed E-state index contributed by atoms with van der Waals surface area (Å²) in [4.78, 5) is 14.9. The molecular weight excluding hydrogens is 276 g/mol. The van der Waals surface area contributed by atoms with Crippen molar-refractivity contribution in [3.63, 3.8) is 0 Å². The van der Waals surface area contributed by atoms with E-state index >= 15 is 0 Å². The van der Waals surface area contributed by atoms with Gasteiger partial charge in [0, 0.05) is 0 Å². The average Bonchev–Trinajstić information content (AvgIpc) is 2.68. The summed E-state index contributed by atoms with van der Waals surface area (Å²) >= 11 is 1.11. The van der Waals surface area contributed by atoms with Crippen LogP contribution in [0.5, 0.6) is 0 Å². The predicted molar refractivity (Wildman–Crippen MR) is 69.7 cm³/mol. The van der Waals surface area contributed by atoms with Gasteiger partial charge in [0.1, 0.15) is 0 Å². The number of carboxylic acids is 1. The lowest BCUT2D eigenvalue weighted by atomic mass is 10.2. The van der Waals surface area contributed by atoms with Gasteiger partial charge in [-0.3, -0.25) is 4.72 Å². The predicted octanol–water partition coefficient (Wildman–Crippen LogP) is 1.76. The second-order valence-corrected chi connectivity index (χ2v) is 6.55. The Morgan fingerprint density at radius 1 is 1.50 bits per heavy atom. The Morgan fingerprint density at radius 2 is 2.22 bits per heavy atom. The highest BCUT2D eigenvalue weighted by atomic mass is 32.2. The Kier molecular flexibility index (Phi) is 3.22. The second-order valence-electron chi connectivity index (χ2n) is 3.51. The molecule has 0 aliphatic rings. The van der Waals surface area contributed by atoms with Gasteiger partial charge in [-0.15, -0.1) is 0 Å². The molecule has 1 aromatic heterocycles. The molecule has 1 aromatic carbocycles. The van der Waals surface area contributed by atoms with Crippen molar-refractivity contribution >= 4 is 42.7 Å². The van der Waals surface area contributed by atoms with E-state index in [-0.39, 0.29) is 16.4 Å².